The molecule has 2 saturated heterocycles. The molecule has 0 saturated carbocycles. The van der Waals surface area contributed by atoms with Gasteiger partial charge in [0.05, 0.1) is 29.7 Å². The van der Waals surface area contributed by atoms with Gasteiger partial charge in [0, 0.05) is 49.2 Å². The zero-order chi connectivity index (χ0) is 36.2. The Bertz CT molecular complexity index is 1860. The van der Waals surface area contributed by atoms with Crippen molar-refractivity contribution in [2.24, 2.45) is 0 Å². The van der Waals surface area contributed by atoms with Crippen molar-refractivity contribution < 1.29 is 34.0 Å². The van der Waals surface area contributed by atoms with E-state index >= 15 is 0 Å². The van der Waals surface area contributed by atoms with Gasteiger partial charge in [0.2, 0.25) is 5.91 Å². The van der Waals surface area contributed by atoms with Gasteiger partial charge in [-0.2, -0.15) is 5.26 Å². The third kappa shape index (κ3) is 10.2. The molecular weight excluding hydrogens is 672 g/mol. The summed E-state index contributed by atoms with van der Waals surface area (Å²) < 4.78 is 18.5. The quantitative estimate of drug-likeness (QED) is 0.158. The number of aliphatic hydroxyl groups excluding tert-OH is 1. The molecule has 0 radical (unpaired) electrons. The van der Waals surface area contributed by atoms with Gasteiger partial charge in [0.1, 0.15) is 36.5 Å². The second kappa shape index (κ2) is 18.2. The van der Waals surface area contributed by atoms with Crippen molar-refractivity contribution in [3.8, 4) is 34.4 Å². The molecule has 1 aromatic heterocycles. The Labute approximate surface area is 302 Å². The van der Waals surface area contributed by atoms with Crippen LogP contribution in [0, 0.1) is 18.3 Å². The number of rotatable bonds is 13. The highest BCUT2D eigenvalue weighted by Gasteiger charge is 2.24. The molecule has 2 N–H and O–H groups in total. The molecule has 1 unspecified atom stereocenters. The van der Waals surface area contributed by atoms with E-state index in [4.69, 9.17) is 35.7 Å². The van der Waals surface area contributed by atoms with Crippen LogP contribution in [0.2, 0.25) is 5.02 Å². The molecule has 3 aromatic carbocycles. The van der Waals surface area contributed by atoms with Crippen LogP contribution in [-0.2, 0) is 29.3 Å². The van der Waals surface area contributed by atoms with Crippen molar-refractivity contribution in [3.05, 3.63) is 106 Å². The van der Waals surface area contributed by atoms with Gasteiger partial charge in [-0.1, -0.05) is 41.9 Å². The lowest BCUT2D eigenvalue weighted by atomic mass is 9.96. The SMILES string of the molecule is Cc1c(COc2cc(OCc3cncc(C#N)c3)c(CN3CCC3)cc2Cl)cccc1-c1cccc(OCCC(=O)N2CCC(O)C2)c1.O=CO. The summed E-state index contributed by atoms with van der Waals surface area (Å²) in [5, 5.41) is 26.4. The molecule has 2 aliphatic heterocycles. The summed E-state index contributed by atoms with van der Waals surface area (Å²) in [6.07, 6.45) is 4.88. The first-order chi connectivity index (χ1) is 24.8. The molecular formula is C39H41ClN4O7. The maximum Gasteiger partial charge on any atom is 0.290 e. The van der Waals surface area contributed by atoms with E-state index in [0.29, 0.717) is 54.0 Å². The van der Waals surface area contributed by atoms with Crippen molar-refractivity contribution in [1.29, 1.82) is 5.26 Å². The Hall–Kier alpha value is -5.15. The lowest BCUT2D eigenvalue weighted by Gasteiger charge is -2.31. The Morgan fingerprint density at radius 1 is 1.02 bits per heavy atom. The Morgan fingerprint density at radius 3 is 2.53 bits per heavy atom. The molecule has 2 fully saturated rings. The van der Waals surface area contributed by atoms with Crippen LogP contribution in [0.3, 0.4) is 0 Å². The van der Waals surface area contributed by atoms with Crippen molar-refractivity contribution in [1.82, 2.24) is 14.8 Å². The van der Waals surface area contributed by atoms with E-state index in [1.165, 1.54) is 12.6 Å². The summed E-state index contributed by atoms with van der Waals surface area (Å²) >= 11 is 6.76. The van der Waals surface area contributed by atoms with Gasteiger partial charge in [-0.15, -0.1) is 0 Å². The highest BCUT2D eigenvalue weighted by molar-refractivity contribution is 6.32. The molecule has 1 atom stereocenters. The van der Waals surface area contributed by atoms with Gasteiger partial charge in [-0.3, -0.25) is 19.5 Å². The molecule has 3 heterocycles. The van der Waals surface area contributed by atoms with Crippen LogP contribution >= 0.6 is 11.6 Å². The van der Waals surface area contributed by atoms with Crippen molar-refractivity contribution in [2.45, 2.75) is 52.0 Å². The molecule has 0 bridgehead atoms. The fourth-order valence-corrected chi connectivity index (χ4v) is 6.20. The fraction of sp³-hybridized carbons (Fsp3) is 0.333. The number of ether oxygens (including phenoxy) is 3. The molecule has 11 nitrogen and oxygen atoms in total. The highest BCUT2D eigenvalue weighted by atomic mass is 35.5. The van der Waals surface area contributed by atoms with Gasteiger partial charge < -0.3 is 29.3 Å². The number of nitrogens with zero attached hydrogens (tertiary/aromatic N) is 4. The summed E-state index contributed by atoms with van der Waals surface area (Å²) in [6, 6.07) is 21.6. The number of hydrogen-bond donors (Lipinski definition) is 2. The zero-order valence-electron chi connectivity index (χ0n) is 28.5. The van der Waals surface area contributed by atoms with E-state index in [9.17, 15) is 15.2 Å². The molecule has 51 heavy (non-hydrogen) atoms. The Balaban J connectivity index is 0.00000162. The van der Waals surface area contributed by atoms with Crippen LogP contribution in [0.1, 0.15) is 47.1 Å². The van der Waals surface area contributed by atoms with E-state index in [1.807, 2.05) is 48.5 Å². The van der Waals surface area contributed by atoms with Gasteiger partial charge in [-0.05, 0) is 79.4 Å². The zero-order valence-corrected chi connectivity index (χ0v) is 29.2. The topological polar surface area (TPSA) is 145 Å². The minimum atomic E-state index is -0.428. The average molecular weight is 713 g/mol. The van der Waals surface area contributed by atoms with E-state index in [-0.39, 0.29) is 32.0 Å². The largest absolute Gasteiger partial charge is 0.493 e. The van der Waals surface area contributed by atoms with Crippen molar-refractivity contribution in [3.63, 3.8) is 0 Å². The van der Waals surface area contributed by atoms with Crippen LogP contribution in [0.25, 0.3) is 11.1 Å². The minimum absolute atomic E-state index is 0.00139. The summed E-state index contributed by atoms with van der Waals surface area (Å²) in [5.41, 5.74) is 6.41. The summed E-state index contributed by atoms with van der Waals surface area (Å²) in [7, 11) is 0. The number of benzene rings is 3. The molecule has 6 rings (SSSR count). The lowest BCUT2D eigenvalue weighted by molar-refractivity contribution is -0.131. The first-order valence-electron chi connectivity index (χ1n) is 16.8. The van der Waals surface area contributed by atoms with E-state index < -0.39 is 6.10 Å². The molecule has 4 aromatic rings. The van der Waals surface area contributed by atoms with E-state index in [1.54, 1.807) is 17.2 Å². The number of aromatic nitrogens is 1. The maximum atomic E-state index is 12.4. The number of β-amino-alcohol motifs (C(OH)–C–C–N with tert-alkyl or cyclic N) is 1. The van der Waals surface area contributed by atoms with Crippen LogP contribution in [0.5, 0.6) is 17.2 Å². The minimum Gasteiger partial charge on any atom is -0.493 e. The van der Waals surface area contributed by atoms with Crippen LogP contribution in [-0.4, -0.2) is 76.3 Å². The van der Waals surface area contributed by atoms with E-state index in [0.717, 1.165) is 53.0 Å². The molecule has 12 heteroatoms. The predicted octanol–water partition coefficient (Wildman–Crippen LogP) is 6.01. The number of halogens is 1. The molecule has 0 aliphatic carbocycles. The number of pyridine rings is 1. The number of carbonyl (C=O) groups excluding carboxylic acids is 1. The second-order valence-electron chi connectivity index (χ2n) is 12.4. The number of aliphatic hydroxyl groups is 1. The van der Waals surface area contributed by atoms with Crippen LogP contribution in [0.15, 0.2) is 73.1 Å². The number of carbonyl (C=O) groups is 2. The third-order valence-electron chi connectivity index (χ3n) is 8.85. The van der Waals surface area contributed by atoms with Crippen LogP contribution < -0.4 is 14.2 Å². The van der Waals surface area contributed by atoms with Crippen molar-refractivity contribution in [2.75, 3.05) is 32.8 Å². The Morgan fingerprint density at radius 2 is 1.80 bits per heavy atom. The first-order valence-corrected chi connectivity index (χ1v) is 17.2. The smallest absolute Gasteiger partial charge is 0.290 e. The van der Waals surface area contributed by atoms with Crippen LogP contribution in [0.4, 0.5) is 0 Å². The number of carboxylic acid groups (broad SMARTS) is 1. The predicted molar refractivity (Wildman–Crippen MR) is 192 cm³/mol. The normalized spacial score (nSPS) is 15.2. The van der Waals surface area contributed by atoms with Gasteiger partial charge in [-0.25, -0.2) is 0 Å². The fourth-order valence-electron chi connectivity index (χ4n) is 5.96. The third-order valence-corrected chi connectivity index (χ3v) is 9.15. The monoisotopic (exact) mass is 712 g/mol. The lowest BCUT2D eigenvalue weighted by Crippen LogP contribution is -2.36. The maximum absolute atomic E-state index is 12.4. The summed E-state index contributed by atoms with van der Waals surface area (Å²) in [4.78, 5) is 29.0. The summed E-state index contributed by atoms with van der Waals surface area (Å²) in [6.45, 7) is 6.47. The Kier molecular flexibility index (Phi) is 13.2. The van der Waals surface area contributed by atoms with Gasteiger partial charge >= 0.3 is 0 Å². The molecule has 2 aliphatic rings. The number of amides is 1. The van der Waals surface area contributed by atoms with Gasteiger partial charge in [0.25, 0.3) is 6.47 Å². The highest BCUT2D eigenvalue weighted by Crippen LogP contribution is 2.36. The van der Waals surface area contributed by atoms with Gasteiger partial charge in [0.15, 0.2) is 0 Å². The first kappa shape index (κ1) is 37.1. The van der Waals surface area contributed by atoms with Crippen molar-refractivity contribution >= 4 is 24.0 Å². The number of likely N-dealkylation sites (tertiary alicyclic amines) is 2. The molecule has 0 spiro atoms. The molecule has 1 amide bonds. The van der Waals surface area contributed by atoms with E-state index in [2.05, 4.69) is 28.9 Å². The average Bonchev–Trinajstić information content (AvgIpc) is 3.56. The molecule has 266 valence electrons. The number of nitriles is 1. The summed E-state index contributed by atoms with van der Waals surface area (Å²) in [5.74, 6) is 1.90. The standard InChI is InChI=1S/C38H39ClN4O5.CH2O2/c1-26-30(6-3-8-34(26)29-5-2-7-33(16-29)46-14-10-38(45)43-13-9-32(44)23-43)25-48-37-18-36(31(17-35(37)39)22-42-11-4-12-42)47-24-28-15-27(19-40)20-41-21-28;2-1-3/h2-3,5-8,15-18,20-21,32,44H,4,9-14,22-25H2,1H3;1H,(H,2,3). The second-order valence-corrected chi connectivity index (χ2v) is 12.8. The number of hydrogen-bond acceptors (Lipinski definition) is 9.